The Kier molecular flexibility index (Phi) is 20.8. The number of rotatable bonds is 9. The van der Waals surface area contributed by atoms with Crippen LogP contribution in [0.5, 0.6) is 11.5 Å². The molecule has 0 aromatic heterocycles. The van der Waals surface area contributed by atoms with Gasteiger partial charge >= 0.3 is 0 Å². The molecule has 4 aliphatic rings. The molecule has 0 amide bonds. The average molecular weight is 703 g/mol. The van der Waals surface area contributed by atoms with Crippen molar-refractivity contribution >= 4 is 0 Å². The third-order valence-corrected chi connectivity index (χ3v) is 13.5. The van der Waals surface area contributed by atoms with E-state index in [1.54, 1.807) is 0 Å². The van der Waals surface area contributed by atoms with Crippen LogP contribution in [0.2, 0.25) is 0 Å². The molecule has 4 saturated carbocycles. The molecular formula is C49H82O2. The highest BCUT2D eigenvalue weighted by Crippen LogP contribution is 2.44. The Morgan fingerprint density at radius 3 is 1.29 bits per heavy atom. The second-order valence-electron chi connectivity index (χ2n) is 17.3. The van der Waals surface area contributed by atoms with E-state index in [1.165, 1.54) is 152 Å². The van der Waals surface area contributed by atoms with Crippen molar-refractivity contribution in [3.8, 4) is 11.5 Å². The highest BCUT2D eigenvalue weighted by molar-refractivity contribution is 5.35. The summed E-state index contributed by atoms with van der Waals surface area (Å²) in [5.74, 6) is 8.87. The Bertz CT molecular complexity index is 1140. The summed E-state index contributed by atoms with van der Waals surface area (Å²) in [6.45, 7) is 15.0. The lowest BCUT2D eigenvalue weighted by Gasteiger charge is -2.37. The highest BCUT2D eigenvalue weighted by Gasteiger charge is 2.31. The van der Waals surface area contributed by atoms with Crippen LogP contribution in [0.25, 0.3) is 0 Å². The summed E-state index contributed by atoms with van der Waals surface area (Å²) in [5.41, 5.74) is 3.78. The largest absolute Gasteiger partial charge is 0.508 e. The van der Waals surface area contributed by atoms with E-state index in [1.807, 2.05) is 39.0 Å². The zero-order valence-corrected chi connectivity index (χ0v) is 34.6. The number of aromatic hydroxyl groups is 2. The summed E-state index contributed by atoms with van der Waals surface area (Å²) in [4.78, 5) is 0. The topological polar surface area (TPSA) is 40.5 Å². The quantitative estimate of drug-likeness (QED) is 0.273. The molecule has 0 spiro atoms. The molecule has 0 unspecified atom stereocenters. The normalized spacial score (nSPS) is 29.2. The van der Waals surface area contributed by atoms with Gasteiger partial charge in [-0.05, 0) is 166 Å². The van der Waals surface area contributed by atoms with E-state index in [2.05, 4.69) is 52.0 Å². The lowest BCUT2D eigenvalue weighted by Crippen LogP contribution is -2.25. The molecule has 290 valence electrons. The van der Waals surface area contributed by atoms with E-state index < -0.39 is 0 Å². The van der Waals surface area contributed by atoms with Crippen LogP contribution in [0.4, 0.5) is 0 Å². The lowest BCUT2D eigenvalue weighted by molar-refractivity contribution is 0.142. The number of benzene rings is 2. The number of phenolic OH excluding ortho intramolecular Hbond substituents is 2. The molecule has 0 bridgehead atoms. The second kappa shape index (κ2) is 24.4. The van der Waals surface area contributed by atoms with Crippen molar-refractivity contribution in [3.63, 3.8) is 0 Å². The molecule has 2 aromatic rings. The highest BCUT2D eigenvalue weighted by atomic mass is 16.3. The van der Waals surface area contributed by atoms with Gasteiger partial charge in [-0.2, -0.15) is 0 Å². The van der Waals surface area contributed by atoms with Crippen molar-refractivity contribution in [2.75, 3.05) is 0 Å². The van der Waals surface area contributed by atoms with Gasteiger partial charge in [-0.1, -0.05) is 130 Å². The van der Waals surface area contributed by atoms with Crippen LogP contribution >= 0.6 is 0 Å². The van der Waals surface area contributed by atoms with Gasteiger partial charge in [-0.15, -0.1) is 0 Å². The number of hydrogen-bond acceptors (Lipinski definition) is 2. The second-order valence-corrected chi connectivity index (χ2v) is 17.3. The minimum absolute atomic E-state index is 0.381. The van der Waals surface area contributed by atoms with Gasteiger partial charge in [0.25, 0.3) is 0 Å². The standard InChI is InChI=1S/C23H36O.C21H32O.C3H8.C2H6/c1-3-18-6-11-21(12-7-18)22-13-8-19(9-14-22)4-5-20-10-15-23(24)17(2)16-20;1-16-2-10-19(11-3-16)20-12-6-17(7-13-20)4-5-18-8-14-21(22)15-9-18;1-3-2;1-2/h10,15-16,18-19,21-22,24H,3-9,11-14H2,1-2H3;8-9,14-17,19-20,22H,2-7,10-13H2,1H3;3H2,1-2H3;1-2H3. The van der Waals surface area contributed by atoms with Gasteiger partial charge < -0.3 is 10.2 Å². The fraction of sp³-hybridized carbons (Fsp3) is 0.755. The molecule has 2 N–H and O–H groups in total. The van der Waals surface area contributed by atoms with Crippen molar-refractivity contribution in [2.45, 2.75) is 190 Å². The van der Waals surface area contributed by atoms with E-state index in [-0.39, 0.29) is 0 Å². The van der Waals surface area contributed by atoms with E-state index in [0.29, 0.717) is 11.5 Å². The molecule has 0 radical (unpaired) electrons. The lowest BCUT2D eigenvalue weighted by atomic mass is 9.68. The predicted octanol–water partition coefficient (Wildman–Crippen LogP) is 15.1. The molecule has 0 atom stereocenters. The maximum atomic E-state index is 9.65. The Labute approximate surface area is 317 Å². The summed E-state index contributed by atoms with van der Waals surface area (Å²) in [6.07, 6.45) is 31.4. The van der Waals surface area contributed by atoms with Gasteiger partial charge in [0.2, 0.25) is 0 Å². The number of aryl methyl sites for hydroxylation is 3. The first-order chi connectivity index (χ1) is 24.8. The van der Waals surface area contributed by atoms with E-state index in [0.717, 1.165) is 52.9 Å². The molecule has 4 aliphatic carbocycles. The average Bonchev–Trinajstić information content (AvgIpc) is 3.17. The van der Waals surface area contributed by atoms with Crippen LogP contribution in [-0.2, 0) is 12.8 Å². The maximum Gasteiger partial charge on any atom is 0.118 e. The van der Waals surface area contributed by atoms with Crippen molar-refractivity contribution in [3.05, 3.63) is 59.2 Å². The fourth-order valence-corrected chi connectivity index (χ4v) is 10.00. The van der Waals surface area contributed by atoms with Crippen molar-refractivity contribution < 1.29 is 10.2 Å². The van der Waals surface area contributed by atoms with Gasteiger partial charge in [0.05, 0.1) is 0 Å². The maximum absolute atomic E-state index is 9.65. The minimum atomic E-state index is 0.381. The number of hydrogen-bond donors (Lipinski definition) is 2. The van der Waals surface area contributed by atoms with E-state index in [9.17, 15) is 10.2 Å². The van der Waals surface area contributed by atoms with Crippen LogP contribution in [0.3, 0.4) is 0 Å². The summed E-state index contributed by atoms with van der Waals surface area (Å²) in [7, 11) is 0. The van der Waals surface area contributed by atoms with Gasteiger partial charge in [0.15, 0.2) is 0 Å². The molecule has 51 heavy (non-hydrogen) atoms. The minimum Gasteiger partial charge on any atom is -0.508 e. The Morgan fingerprint density at radius 2 is 0.882 bits per heavy atom. The van der Waals surface area contributed by atoms with Gasteiger partial charge in [0, 0.05) is 0 Å². The van der Waals surface area contributed by atoms with Crippen molar-refractivity contribution in [2.24, 2.45) is 47.3 Å². The first kappa shape index (κ1) is 43.4. The summed E-state index contributed by atoms with van der Waals surface area (Å²) in [6, 6.07) is 13.9. The fourth-order valence-electron chi connectivity index (χ4n) is 10.00. The van der Waals surface area contributed by atoms with Crippen molar-refractivity contribution in [1.29, 1.82) is 0 Å². The molecule has 0 heterocycles. The first-order valence-corrected chi connectivity index (χ1v) is 22.3. The molecule has 2 aromatic carbocycles. The van der Waals surface area contributed by atoms with Crippen LogP contribution in [-0.4, -0.2) is 10.2 Å². The third-order valence-electron chi connectivity index (χ3n) is 13.5. The zero-order valence-electron chi connectivity index (χ0n) is 34.6. The SMILES string of the molecule is CC.CC1CCC(C2CCC(CCc3ccc(O)cc3)CC2)CC1.CCC.CCC1CCC(C2CCC(CCc3ccc(O)c(C)c3)CC2)CC1. The van der Waals surface area contributed by atoms with Crippen LogP contribution in [0.1, 0.15) is 187 Å². The Balaban J connectivity index is 0.000000245. The Morgan fingerprint density at radius 1 is 0.510 bits per heavy atom. The monoisotopic (exact) mass is 703 g/mol. The molecule has 2 heteroatoms. The zero-order chi connectivity index (χ0) is 37.0. The number of phenols is 2. The van der Waals surface area contributed by atoms with Gasteiger partial charge in [-0.3, -0.25) is 0 Å². The summed E-state index contributed by atoms with van der Waals surface area (Å²) >= 11 is 0. The molecule has 2 nitrogen and oxygen atoms in total. The molecular weight excluding hydrogens is 621 g/mol. The molecule has 4 fully saturated rings. The predicted molar refractivity (Wildman–Crippen MR) is 223 cm³/mol. The summed E-state index contributed by atoms with van der Waals surface area (Å²) < 4.78 is 0. The van der Waals surface area contributed by atoms with Crippen LogP contribution in [0.15, 0.2) is 42.5 Å². The van der Waals surface area contributed by atoms with Gasteiger partial charge in [0.1, 0.15) is 11.5 Å². The van der Waals surface area contributed by atoms with Crippen LogP contribution < -0.4 is 0 Å². The Hall–Kier alpha value is -1.96. The molecule has 6 rings (SSSR count). The van der Waals surface area contributed by atoms with E-state index in [4.69, 9.17) is 0 Å². The third kappa shape index (κ3) is 15.5. The van der Waals surface area contributed by atoms with Crippen molar-refractivity contribution in [1.82, 2.24) is 0 Å². The molecule has 0 aliphatic heterocycles. The summed E-state index contributed by atoms with van der Waals surface area (Å²) in [5, 5.41) is 19.0. The smallest absolute Gasteiger partial charge is 0.118 e. The van der Waals surface area contributed by atoms with Gasteiger partial charge in [-0.25, -0.2) is 0 Å². The first-order valence-electron chi connectivity index (χ1n) is 22.3. The van der Waals surface area contributed by atoms with E-state index >= 15 is 0 Å². The molecule has 0 saturated heterocycles. The van der Waals surface area contributed by atoms with Crippen LogP contribution in [0, 0.1) is 54.3 Å².